The minimum absolute atomic E-state index is 0.181. The van der Waals surface area contributed by atoms with Gasteiger partial charge in [-0.05, 0) is 45.4 Å². The van der Waals surface area contributed by atoms with E-state index >= 15 is 0 Å². The first-order valence-electron chi connectivity index (χ1n) is 8.62. The Morgan fingerprint density at radius 2 is 1.83 bits per heavy atom. The lowest BCUT2D eigenvalue weighted by Gasteiger charge is -2.24. The van der Waals surface area contributed by atoms with Crippen LogP contribution in [0.5, 0.6) is 11.6 Å². The number of carbonyl (C=O) groups excluding carboxylic acids is 1. The molecule has 0 aliphatic rings. The monoisotopic (exact) mass is 418 g/mol. The van der Waals surface area contributed by atoms with Crippen molar-refractivity contribution in [3.05, 3.63) is 47.4 Å². The topological polar surface area (TPSA) is 122 Å². The van der Waals surface area contributed by atoms with Crippen molar-refractivity contribution < 1.29 is 22.7 Å². The van der Waals surface area contributed by atoms with E-state index in [1.54, 1.807) is 52.0 Å². The molecule has 2 rings (SSSR count). The van der Waals surface area contributed by atoms with Gasteiger partial charge in [0.1, 0.15) is 28.9 Å². The van der Waals surface area contributed by atoms with Crippen LogP contribution < -0.4 is 4.74 Å². The Morgan fingerprint density at radius 1 is 1.21 bits per heavy atom. The Morgan fingerprint density at radius 3 is 2.38 bits per heavy atom. The van der Waals surface area contributed by atoms with E-state index in [1.807, 2.05) is 6.07 Å². The lowest BCUT2D eigenvalue weighted by Crippen LogP contribution is -2.38. The number of benzene rings is 1. The molecule has 1 aromatic heterocycles. The van der Waals surface area contributed by atoms with Gasteiger partial charge in [-0.1, -0.05) is 12.1 Å². The standard InChI is InChI=1S/C19H22N4O5S/c1-13-21-15(11-20)10-17(22-13)27-16-8-6-14(7-9-16)12-29(25,26)23(5)18(24)28-19(2,3)4/h6-10H,12H2,1-5H3. The van der Waals surface area contributed by atoms with Crippen LogP contribution in [0.2, 0.25) is 0 Å². The highest BCUT2D eigenvalue weighted by atomic mass is 32.2. The molecule has 2 aromatic rings. The summed E-state index contributed by atoms with van der Waals surface area (Å²) < 4.78 is 36.2. The predicted molar refractivity (Wildman–Crippen MR) is 105 cm³/mol. The Balaban J connectivity index is 2.09. The highest BCUT2D eigenvalue weighted by Gasteiger charge is 2.28. The number of carbonyl (C=O) groups is 1. The van der Waals surface area contributed by atoms with Crippen molar-refractivity contribution >= 4 is 16.1 Å². The fourth-order valence-electron chi connectivity index (χ4n) is 2.17. The van der Waals surface area contributed by atoms with Crippen molar-refractivity contribution in [2.45, 2.75) is 39.0 Å². The Bertz CT molecular complexity index is 1040. The van der Waals surface area contributed by atoms with Crippen LogP contribution >= 0.6 is 0 Å². The molecule has 0 aliphatic heterocycles. The number of hydrogen-bond donors (Lipinski definition) is 0. The number of hydrogen-bond acceptors (Lipinski definition) is 8. The van der Waals surface area contributed by atoms with Crippen LogP contribution in [0.3, 0.4) is 0 Å². The molecule has 0 N–H and O–H groups in total. The molecule has 0 unspecified atom stereocenters. The van der Waals surface area contributed by atoms with Crippen LogP contribution in [-0.4, -0.2) is 41.4 Å². The number of amides is 1. The second-order valence-corrected chi connectivity index (χ2v) is 9.20. The van der Waals surface area contributed by atoms with Gasteiger partial charge >= 0.3 is 6.09 Å². The smallest absolute Gasteiger partial charge is 0.423 e. The Labute approximate surface area is 170 Å². The zero-order valence-corrected chi connectivity index (χ0v) is 17.6. The van der Waals surface area contributed by atoms with Crippen molar-refractivity contribution in [2.75, 3.05) is 7.05 Å². The van der Waals surface area contributed by atoms with Gasteiger partial charge in [0, 0.05) is 13.1 Å². The zero-order chi connectivity index (χ0) is 21.8. The van der Waals surface area contributed by atoms with Crippen molar-refractivity contribution in [1.29, 1.82) is 5.26 Å². The molecule has 154 valence electrons. The molecule has 0 aliphatic carbocycles. The Kier molecular flexibility index (Phi) is 6.44. The molecule has 0 saturated carbocycles. The average molecular weight is 418 g/mol. The van der Waals surface area contributed by atoms with E-state index in [0.717, 1.165) is 7.05 Å². The first-order chi connectivity index (χ1) is 13.4. The van der Waals surface area contributed by atoms with Crippen LogP contribution in [0, 0.1) is 18.3 Å². The maximum atomic E-state index is 12.5. The number of ether oxygens (including phenoxy) is 2. The molecule has 1 amide bonds. The molecular formula is C19H22N4O5S. The van der Waals surface area contributed by atoms with Crippen molar-refractivity contribution in [2.24, 2.45) is 0 Å². The summed E-state index contributed by atoms with van der Waals surface area (Å²) >= 11 is 0. The van der Waals surface area contributed by atoms with Crippen LogP contribution in [-0.2, 0) is 20.5 Å². The summed E-state index contributed by atoms with van der Waals surface area (Å²) in [4.78, 5) is 20.0. The number of rotatable bonds is 5. The van der Waals surface area contributed by atoms with Gasteiger partial charge in [-0.3, -0.25) is 0 Å². The van der Waals surface area contributed by atoms with E-state index in [2.05, 4.69) is 9.97 Å². The van der Waals surface area contributed by atoms with Crippen LogP contribution in [0.4, 0.5) is 4.79 Å². The quantitative estimate of drug-likeness (QED) is 0.725. The molecule has 1 aromatic carbocycles. The van der Waals surface area contributed by atoms with Crippen molar-refractivity contribution in [3.8, 4) is 17.7 Å². The summed E-state index contributed by atoms with van der Waals surface area (Å²) in [5, 5.41) is 8.95. The summed E-state index contributed by atoms with van der Waals surface area (Å²) in [7, 11) is -2.75. The van der Waals surface area contributed by atoms with E-state index in [0.29, 0.717) is 21.4 Å². The number of aryl methyl sites for hydroxylation is 1. The third-order valence-electron chi connectivity index (χ3n) is 3.49. The lowest BCUT2D eigenvalue weighted by molar-refractivity contribution is 0.0420. The first kappa shape index (κ1) is 22.1. The molecule has 29 heavy (non-hydrogen) atoms. The van der Waals surface area contributed by atoms with Gasteiger partial charge < -0.3 is 9.47 Å². The summed E-state index contributed by atoms with van der Waals surface area (Å²) in [6.07, 6.45) is -0.940. The summed E-state index contributed by atoms with van der Waals surface area (Å²) in [5.74, 6) is 0.633. The zero-order valence-electron chi connectivity index (χ0n) is 16.8. The van der Waals surface area contributed by atoms with Crippen molar-refractivity contribution in [1.82, 2.24) is 14.3 Å². The van der Waals surface area contributed by atoms with Crippen LogP contribution in [0.15, 0.2) is 30.3 Å². The lowest BCUT2D eigenvalue weighted by atomic mass is 10.2. The van der Waals surface area contributed by atoms with Gasteiger partial charge in [0.05, 0.1) is 5.75 Å². The normalized spacial score (nSPS) is 11.4. The minimum Gasteiger partial charge on any atom is -0.443 e. The summed E-state index contributed by atoms with van der Waals surface area (Å²) in [6.45, 7) is 6.61. The Hall–Kier alpha value is -3.19. The first-order valence-corrected chi connectivity index (χ1v) is 10.2. The van der Waals surface area contributed by atoms with Gasteiger partial charge in [-0.25, -0.2) is 22.5 Å². The highest BCUT2D eigenvalue weighted by Crippen LogP contribution is 2.22. The highest BCUT2D eigenvalue weighted by molar-refractivity contribution is 7.88. The number of nitrogens with zero attached hydrogens (tertiary/aromatic N) is 4. The van der Waals surface area contributed by atoms with Gasteiger partial charge in [-0.15, -0.1) is 0 Å². The summed E-state index contributed by atoms with van der Waals surface area (Å²) in [6, 6.07) is 9.60. The number of aromatic nitrogens is 2. The molecule has 9 nitrogen and oxygen atoms in total. The van der Waals surface area contributed by atoms with E-state index in [4.69, 9.17) is 14.7 Å². The fraction of sp³-hybridized carbons (Fsp3) is 0.368. The molecule has 0 spiro atoms. The van der Waals surface area contributed by atoms with E-state index < -0.39 is 21.7 Å². The maximum absolute atomic E-state index is 12.5. The largest absolute Gasteiger partial charge is 0.443 e. The summed E-state index contributed by atoms with van der Waals surface area (Å²) in [5.41, 5.74) is -0.158. The second kappa shape index (κ2) is 8.45. The van der Waals surface area contributed by atoms with Crippen LogP contribution in [0.25, 0.3) is 0 Å². The molecule has 10 heteroatoms. The molecule has 0 saturated heterocycles. The predicted octanol–water partition coefficient (Wildman–Crippen LogP) is 3.15. The third kappa shape index (κ3) is 6.43. The third-order valence-corrected chi connectivity index (χ3v) is 5.17. The van der Waals surface area contributed by atoms with Gasteiger partial charge in [0.25, 0.3) is 0 Å². The molecule has 0 atom stereocenters. The SMILES string of the molecule is Cc1nc(C#N)cc(Oc2ccc(CS(=O)(=O)N(C)C(=O)OC(C)(C)C)cc2)n1. The van der Waals surface area contributed by atoms with E-state index in [-0.39, 0.29) is 17.3 Å². The van der Waals surface area contributed by atoms with E-state index in [1.165, 1.54) is 6.07 Å². The van der Waals surface area contributed by atoms with Crippen LogP contribution in [0.1, 0.15) is 37.9 Å². The molecule has 0 fully saturated rings. The van der Waals surface area contributed by atoms with Gasteiger partial charge in [0.2, 0.25) is 15.9 Å². The maximum Gasteiger partial charge on any atom is 0.423 e. The molecular weight excluding hydrogens is 396 g/mol. The number of sulfonamides is 1. The minimum atomic E-state index is -3.91. The average Bonchev–Trinajstić information content (AvgIpc) is 2.60. The second-order valence-electron chi connectivity index (χ2n) is 7.20. The van der Waals surface area contributed by atoms with Gasteiger partial charge in [-0.2, -0.15) is 10.2 Å². The van der Waals surface area contributed by atoms with Gasteiger partial charge in [0.15, 0.2) is 0 Å². The molecule has 0 radical (unpaired) electrons. The number of nitriles is 1. The fourth-order valence-corrected chi connectivity index (χ4v) is 3.24. The molecule has 1 heterocycles. The van der Waals surface area contributed by atoms with Crippen molar-refractivity contribution in [3.63, 3.8) is 0 Å². The molecule has 0 bridgehead atoms. The van der Waals surface area contributed by atoms with E-state index in [9.17, 15) is 13.2 Å².